The van der Waals surface area contributed by atoms with Crippen LogP contribution in [0.5, 0.6) is 11.5 Å². The molecule has 0 bridgehead atoms. The highest BCUT2D eigenvalue weighted by Gasteiger charge is 2.22. The maximum atomic E-state index is 12.4. The maximum absolute atomic E-state index is 12.4. The summed E-state index contributed by atoms with van der Waals surface area (Å²) < 4.78 is 16.2. The Labute approximate surface area is 145 Å². The molecule has 1 aromatic carbocycles. The molecule has 3 aromatic rings. The van der Waals surface area contributed by atoms with Crippen molar-refractivity contribution in [3.05, 3.63) is 35.2 Å². The van der Waals surface area contributed by atoms with Gasteiger partial charge >= 0.3 is 0 Å². The number of fused-ring (bicyclic) bond motifs is 1. The fourth-order valence-corrected chi connectivity index (χ4v) is 2.32. The van der Waals surface area contributed by atoms with E-state index in [2.05, 4.69) is 35.8 Å². The summed E-state index contributed by atoms with van der Waals surface area (Å²) in [5.74, 6) is 0.776. The van der Waals surface area contributed by atoms with Gasteiger partial charge in [-0.15, -0.1) is 5.10 Å². The average Bonchev–Trinajstić information content (AvgIpc) is 3.33. The third kappa shape index (κ3) is 2.68. The van der Waals surface area contributed by atoms with E-state index in [9.17, 15) is 4.79 Å². The molecule has 0 fully saturated rings. The molecule has 0 saturated carbocycles. The Balaban J connectivity index is 1.52. The third-order valence-electron chi connectivity index (χ3n) is 3.53. The SMILES string of the molecule is Cc1nnn(-c2nonc2N)c1C(=O)N/N=C\c1ccc2c(c1)OCO2. The molecule has 0 saturated heterocycles. The molecule has 0 radical (unpaired) electrons. The minimum absolute atomic E-state index is 0.0205. The minimum atomic E-state index is -0.549. The molecular formula is C14H12N8O4. The van der Waals surface area contributed by atoms with Gasteiger partial charge in [-0.3, -0.25) is 4.79 Å². The van der Waals surface area contributed by atoms with Crippen molar-refractivity contribution in [3.63, 3.8) is 0 Å². The van der Waals surface area contributed by atoms with E-state index in [1.807, 2.05) is 0 Å². The molecule has 0 spiro atoms. The van der Waals surface area contributed by atoms with Gasteiger partial charge in [0.05, 0.1) is 11.9 Å². The summed E-state index contributed by atoms with van der Waals surface area (Å²) in [5, 5.41) is 18.7. The predicted octanol–water partition coefficient (Wildman–Crippen LogP) is 0.0335. The van der Waals surface area contributed by atoms with E-state index in [1.54, 1.807) is 25.1 Å². The number of ether oxygens (including phenoxy) is 2. The first-order chi connectivity index (χ1) is 12.6. The number of nitrogens with two attached hydrogens (primary N) is 1. The van der Waals surface area contributed by atoms with Gasteiger partial charge in [0.2, 0.25) is 18.4 Å². The van der Waals surface area contributed by atoms with Crippen LogP contribution >= 0.6 is 0 Å². The number of nitrogens with one attached hydrogen (secondary N) is 1. The molecule has 12 heteroatoms. The molecule has 0 unspecified atom stereocenters. The van der Waals surface area contributed by atoms with Crippen molar-refractivity contribution >= 4 is 17.9 Å². The largest absolute Gasteiger partial charge is 0.454 e. The molecule has 4 rings (SSSR count). The lowest BCUT2D eigenvalue weighted by Crippen LogP contribution is -2.22. The lowest BCUT2D eigenvalue weighted by Gasteiger charge is -2.02. The minimum Gasteiger partial charge on any atom is -0.454 e. The van der Waals surface area contributed by atoms with Crippen LogP contribution in [0.15, 0.2) is 27.9 Å². The summed E-state index contributed by atoms with van der Waals surface area (Å²) in [7, 11) is 0. The molecule has 3 N–H and O–H groups in total. The second kappa shape index (κ2) is 6.16. The molecule has 0 atom stereocenters. The van der Waals surface area contributed by atoms with Gasteiger partial charge < -0.3 is 15.2 Å². The van der Waals surface area contributed by atoms with E-state index in [0.29, 0.717) is 17.2 Å². The van der Waals surface area contributed by atoms with Gasteiger partial charge in [0.1, 0.15) is 0 Å². The van der Waals surface area contributed by atoms with Crippen LogP contribution in [-0.2, 0) is 0 Å². The highest BCUT2D eigenvalue weighted by molar-refractivity contribution is 5.94. The number of benzene rings is 1. The first kappa shape index (κ1) is 15.6. The van der Waals surface area contributed by atoms with Crippen LogP contribution in [0, 0.1) is 6.92 Å². The number of anilines is 1. The number of nitrogens with zero attached hydrogens (tertiary/aromatic N) is 6. The maximum Gasteiger partial charge on any atom is 0.292 e. The molecular weight excluding hydrogens is 344 g/mol. The van der Waals surface area contributed by atoms with Gasteiger partial charge in [0.15, 0.2) is 17.2 Å². The fourth-order valence-electron chi connectivity index (χ4n) is 2.32. The van der Waals surface area contributed by atoms with Crippen molar-refractivity contribution in [2.24, 2.45) is 5.10 Å². The molecule has 12 nitrogen and oxygen atoms in total. The number of hydrogen-bond acceptors (Lipinski definition) is 10. The van der Waals surface area contributed by atoms with Crippen LogP contribution in [-0.4, -0.2) is 44.2 Å². The zero-order chi connectivity index (χ0) is 18.1. The zero-order valence-corrected chi connectivity index (χ0v) is 13.4. The van der Waals surface area contributed by atoms with E-state index in [0.717, 1.165) is 10.2 Å². The topological polar surface area (TPSA) is 156 Å². The predicted molar refractivity (Wildman–Crippen MR) is 86.0 cm³/mol. The fraction of sp³-hybridized carbons (Fsp3) is 0.143. The Kier molecular flexibility index (Phi) is 3.69. The third-order valence-corrected chi connectivity index (χ3v) is 3.53. The van der Waals surface area contributed by atoms with Crippen molar-refractivity contribution in [1.29, 1.82) is 0 Å². The summed E-state index contributed by atoms with van der Waals surface area (Å²) in [6.45, 7) is 1.80. The van der Waals surface area contributed by atoms with Crippen molar-refractivity contribution in [3.8, 4) is 17.3 Å². The number of rotatable bonds is 4. The molecule has 2 aromatic heterocycles. The Morgan fingerprint density at radius 3 is 3.00 bits per heavy atom. The number of aryl methyl sites for hydroxylation is 1. The van der Waals surface area contributed by atoms with Crippen molar-refractivity contribution in [1.82, 2.24) is 30.7 Å². The van der Waals surface area contributed by atoms with Crippen molar-refractivity contribution in [2.45, 2.75) is 6.92 Å². The average molecular weight is 356 g/mol. The standard InChI is InChI=1S/C14H12N8O4/c1-7-11(22(21-17-7)13-12(15)19-26-20-13)14(23)18-16-5-8-2-3-9-10(4-8)25-6-24-9/h2-5H,6H2,1H3,(H2,15,19)(H,18,23)/b16-5-. The van der Waals surface area contributed by atoms with Crippen LogP contribution in [0.3, 0.4) is 0 Å². The first-order valence-electron chi connectivity index (χ1n) is 7.37. The Morgan fingerprint density at radius 1 is 1.35 bits per heavy atom. The van der Waals surface area contributed by atoms with Crippen LogP contribution in [0.1, 0.15) is 21.7 Å². The number of carbonyl (C=O) groups excluding carboxylic acids is 1. The quantitative estimate of drug-likeness (QED) is 0.486. The number of aromatic nitrogens is 5. The van der Waals surface area contributed by atoms with Crippen LogP contribution in [0.4, 0.5) is 5.82 Å². The van der Waals surface area contributed by atoms with Gasteiger partial charge in [0.25, 0.3) is 5.91 Å². The normalized spacial score (nSPS) is 12.7. The number of amides is 1. The molecule has 1 amide bonds. The summed E-state index contributed by atoms with van der Waals surface area (Å²) in [6.07, 6.45) is 1.47. The van der Waals surface area contributed by atoms with Gasteiger partial charge in [-0.2, -0.15) is 9.78 Å². The summed E-state index contributed by atoms with van der Waals surface area (Å²) >= 11 is 0. The lowest BCUT2D eigenvalue weighted by molar-refractivity contribution is 0.0946. The molecule has 0 aliphatic carbocycles. The monoisotopic (exact) mass is 356 g/mol. The second-order valence-electron chi connectivity index (χ2n) is 5.22. The molecule has 26 heavy (non-hydrogen) atoms. The number of carbonyl (C=O) groups is 1. The van der Waals surface area contributed by atoms with Gasteiger partial charge in [-0.05, 0) is 41.0 Å². The van der Waals surface area contributed by atoms with Crippen LogP contribution in [0.25, 0.3) is 5.82 Å². The molecule has 3 heterocycles. The van der Waals surface area contributed by atoms with E-state index in [4.69, 9.17) is 15.2 Å². The second-order valence-corrected chi connectivity index (χ2v) is 5.22. The molecule has 132 valence electrons. The first-order valence-corrected chi connectivity index (χ1v) is 7.37. The summed E-state index contributed by atoms with van der Waals surface area (Å²) in [5.41, 5.74) is 9.23. The smallest absolute Gasteiger partial charge is 0.292 e. The molecule has 1 aliphatic heterocycles. The number of hydrazone groups is 1. The molecule has 1 aliphatic rings. The van der Waals surface area contributed by atoms with Gasteiger partial charge in [-0.1, -0.05) is 5.21 Å². The number of hydrogen-bond donors (Lipinski definition) is 2. The van der Waals surface area contributed by atoms with E-state index in [-0.39, 0.29) is 24.1 Å². The van der Waals surface area contributed by atoms with E-state index >= 15 is 0 Å². The highest BCUT2D eigenvalue weighted by atomic mass is 16.7. The van der Waals surface area contributed by atoms with E-state index < -0.39 is 5.91 Å². The summed E-state index contributed by atoms with van der Waals surface area (Å²) in [4.78, 5) is 12.4. The zero-order valence-electron chi connectivity index (χ0n) is 13.4. The van der Waals surface area contributed by atoms with Crippen molar-refractivity contribution in [2.75, 3.05) is 12.5 Å². The Morgan fingerprint density at radius 2 is 2.19 bits per heavy atom. The van der Waals surface area contributed by atoms with Crippen LogP contribution < -0.4 is 20.6 Å². The van der Waals surface area contributed by atoms with Crippen molar-refractivity contribution < 1.29 is 18.9 Å². The lowest BCUT2D eigenvalue weighted by atomic mass is 10.2. The van der Waals surface area contributed by atoms with Gasteiger partial charge in [-0.25, -0.2) is 10.1 Å². The van der Waals surface area contributed by atoms with E-state index in [1.165, 1.54) is 6.21 Å². The Bertz CT molecular complexity index is 1010. The van der Waals surface area contributed by atoms with Gasteiger partial charge in [0, 0.05) is 0 Å². The Hall–Kier alpha value is -3.96. The van der Waals surface area contributed by atoms with Crippen LogP contribution in [0.2, 0.25) is 0 Å². The number of nitrogen functional groups attached to an aromatic ring is 1. The highest BCUT2D eigenvalue weighted by Crippen LogP contribution is 2.31. The summed E-state index contributed by atoms with van der Waals surface area (Å²) in [6, 6.07) is 5.29.